The van der Waals surface area contributed by atoms with Gasteiger partial charge in [0.1, 0.15) is 5.58 Å². The summed E-state index contributed by atoms with van der Waals surface area (Å²) in [7, 11) is 0. The van der Waals surface area contributed by atoms with Gasteiger partial charge in [0.15, 0.2) is 0 Å². The maximum Gasteiger partial charge on any atom is 0.336 e. The molecular formula is C11H8BrNO3. The highest BCUT2D eigenvalue weighted by atomic mass is 79.9. The molecule has 2 aromatic rings. The van der Waals surface area contributed by atoms with Crippen LogP contribution < -0.4 is 10.9 Å². The third-order valence-electron chi connectivity index (χ3n) is 2.02. The van der Waals surface area contributed by atoms with E-state index in [-0.39, 0.29) is 16.9 Å². The van der Waals surface area contributed by atoms with Crippen LogP contribution in [-0.4, -0.2) is 11.2 Å². The predicted octanol–water partition coefficient (Wildman–Crippen LogP) is 2.13. The second-order valence-electron chi connectivity index (χ2n) is 3.19. The van der Waals surface area contributed by atoms with Crippen molar-refractivity contribution in [2.24, 2.45) is 0 Å². The molecule has 2 rings (SSSR count). The van der Waals surface area contributed by atoms with Gasteiger partial charge >= 0.3 is 5.63 Å². The maximum atomic E-state index is 11.1. The first kappa shape index (κ1) is 10.9. The monoisotopic (exact) mass is 281 g/mol. The number of nitrogens with one attached hydrogen (secondary N) is 1. The highest BCUT2D eigenvalue weighted by Gasteiger charge is 2.02. The van der Waals surface area contributed by atoms with E-state index in [1.807, 2.05) is 0 Å². The van der Waals surface area contributed by atoms with Gasteiger partial charge in [0.05, 0.1) is 5.33 Å². The lowest BCUT2D eigenvalue weighted by atomic mass is 10.2. The maximum absolute atomic E-state index is 11.1. The zero-order valence-corrected chi connectivity index (χ0v) is 9.78. The van der Waals surface area contributed by atoms with Crippen LogP contribution in [0.5, 0.6) is 0 Å². The highest BCUT2D eigenvalue weighted by molar-refractivity contribution is 9.09. The molecule has 0 saturated carbocycles. The normalized spacial score (nSPS) is 10.3. The SMILES string of the molecule is O=C(CBr)Nc1ccc2oc(=O)ccc2c1. The number of amides is 1. The van der Waals surface area contributed by atoms with E-state index in [0.717, 1.165) is 5.39 Å². The highest BCUT2D eigenvalue weighted by Crippen LogP contribution is 2.17. The minimum atomic E-state index is -0.384. The molecule has 0 aliphatic heterocycles. The Morgan fingerprint density at radius 2 is 2.12 bits per heavy atom. The van der Waals surface area contributed by atoms with E-state index in [1.54, 1.807) is 24.3 Å². The van der Waals surface area contributed by atoms with E-state index in [4.69, 9.17) is 4.42 Å². The molecule has 0 saturated heterocycles. The third kappa shape index (κ3) is 2.30. The first-order valence-corrected chi connectivity index (χ1v) is 5.71. The second kappa shape index (κ2) is 4.49. The molecule has 0 spiro atoms. The van der Waals surface area contributed by atoms with Crippen molar-refractivity contribution in [1.29, 1.82) is 0 Å². The first-order chi connectivity index (χ1) is 7.69. The molecule has 1 aromatic carbocycles. The van der Waals surface area contributed by atoms with E-state index in [0.29, 0.717) is 11.3 Å². The zero-order valence-electron chi connectivity index (χ0n) is 8.20. The Morgan fingerprint density at radius 1 is 1.31 bits per heavy atom. The number of hydrogen-bond donors (Lipinski definition) is 1. The van der Waals surface area contributed by atoms with Crippen LogP contribution in [0.15, 0.2) is 39.5 Å². The fourth-order valence-electron chi connectivity index (χ4n) is 1.34. The summed E-state index contributed by atoms with van der Waals surface area (Å²) in [6.07, 6.45) is 0. The number of anilines is 1. The number of carbonyl (C=O) groups excluding carboxylic acids is 1. The molecule has 0 radical (unpaired) electrons. The topological polar surface area (TPSA) is 59.3 Å². The Labute approximate surface area is 99.4 Å². The summed E-state index contributed by atoms with van der Waals surface area (Å²) in [6, 6.07) is 8.09. The van der Waals surface area contributed by atoms with Crippen LogP contribution in [0.4, 0.5) is 5.69 Å². The molecule has 82 valence electrons. The number of halogens is 1. The van der Waals surface area contributed by atoms with E-state index < -0.39 is 0 Å². The van der Waals surface area contributed by atoms with Gasteiger partial charge in [-0.25, -0.2) is 4.79 Å². The Kier molecular flexibility index (Phi) is 3.05. The van der Waals surface area contributed by atoms with Gasteiger partial charge in [0, 0.05) is 17.1 Å². The van der Waals surface area contributed by atoms with Crippen molar-refractivity contribution in [2.75, 3.05) is 10.6 Å². The fraction of sp³-hybridized carbons (Fsp3) is 0.0909. The largest absolute Gasteiger partial charge is 0.423 e. The van der Waals surface area contributed by atoms with Crippen LogP contribution in [0.2, 0.25) is 0 Å². The van der Waals surface area contributed by atoms with Crippen molar-refractivity contribution in [3.63, 3.8) is 0 Å². The van der Waals surface area contributed by atoms with Gasteiger partial charge in [-0.15, -0.1) is 0 Å². The van der Waals surface area contributed by atoms with Gasteiger partial charge in [-0.2, -0.15) is 0 Å². The third-order valence-corrected chi connectivity index (χ3v) is 2.53. The van der Waals surface area contributed by atoms with Crippen molar-refractivity contribution in [2.45, 2.75) is 0 Å². The Hall–Kier alpha value is -1.62. The number of fused-ring (bicyclic) bond motifs is 1. The van der Waals surface area contributed by atoms with Gasteiger partial charge in [0.25, 0.3) is 0 Å². The number of benzene rings is 1. The fourth-order valence-corrected chi connectivity index (χ4v) is 1.48. The molecule has 0 aliphatic rings. The Bertz CT molecular complexity index is 591. The standard InChI is InChI=1S/C11H8BrNO3/c12-6-10(14)13-8-2-3-9-7(5-8)1-4-11(15)16-9/h1-5H,6H2,(H,13,14). The molecule has 1 N–H and O–H groups in total. The molecule has 16 heavy (non-hydrogen) atoms. The summed E-state index contributed by atoms with van der Waals surface area (Å²) in [5, 5.41) is 3.71. The van der Waals surface area contributed by atoms with Gasteiger partial charge in [-0.1, -0.05) is 15.9 Å². The molecular weight excluding hydrogens is 274 g/mol. The molecule has 1 amide bonds. The molecule has 0 aliphatic carbocycles. The lowest BCUT2D eigenvalue weighted by molar-refractivity contribution is -0.113. The average Bonchev–Trinajstić information content (AvgIpc) is 2.29. The van der Waals surface area contributed by atoms with Crippen LogP contribution in [0.1, 0.15) is 0 Å². The summed E-state index contributed by atoms with van der Waals surface area (Å²) >= 11 is 3.06. The van der Waals surface area contributed by atoms with E-state index >= 15 is 0 Å². The average molecular weight is 282 g/mol. The van der Waals surface area contributed by atoms with Gasteiger partial charge < -0.3 is 9.73 Å². The number of rotatable bonds is 2. The summed E-state index contributed by atoms with van der Waals surface area (Å²) in [5.74, 6) is -0.128. The summed E-state index contributed by atoms with van der Waals surface area (Å²) in [4.78, 5) is 22.1. The van der Waals surface area contributed by atoms with Gasteiger partial charge in [0.2, 0.25) is 5.91 Å². The molecule has 0 unspecified atom stereocenters. The van der Waals surface area contributed by atoms with Crippen LogP contribution in [-0.2, 0) is 4.79 Å². The number of hydrogen-bond acceptors (Lipinski definition) is 3. The van der Waals surface area contributed by atoms with Crippen LogP contribution in [0.3, 0.4) is 0 Å². The van der Waals surface area contributed by atoms with Crippen molar-refractivity contribution in [3.05, 3.63) is 40.8 Å². The second-order valence-corrected chi connectivity index (χ2v) is 3.75. The molecule has 1 heterocycles. The van der Waals surface area contributed by atoms with Crippen LogP contribution in [0.25, 0.3) is 11.0 Å². The smallest absolute Gasteiger partial charge is 0.336 e. The van der Waals surface area contributed by atoms with Crippen molar-refractivity contribution >= 4 is 38.5 Å². The lowest BCUT2D eigenvalue weighted by Crippen LogP contribution is -2.12. The first-order valence-electron chi connectivity index (χ1n) is 4.59. The van der Waals surface area contributed by atoms with E-state index in [1.165, 1.54) is 6.07 Å². The van der Waals surface area contributed by atoms with E-state index in [2.05, 4.69) is 21.2 Å². The molecule has 4 nitrogen and oxygen atoms in total. The number of carbonyl (C=O) groups is 1. The zero-order chi connectivity index (χ0) is 11.5. The minimum Gasteiger partial charge on any atom is -0.423 e. The number of alkyl halides is 1. The van der Waals surface area contributed by atoms with Crippen molar-refractivity contribution in [1.82, 2.24) is 0 Å². The van der Waals surface area contributed by atoms with Gasteiger partial charge in [-0.3, -0.25) is 4.79 Å². The molecule has 5 heteroatoms. The Balaban J connectivity index is 2.40. The quantitative estimate of drug-likeness (QED) is 0.678. The van der Waals surface area contributed by atoms with Crippen LogP contribution in [0, 0.1) is 0 Å². The van der Waals surface area contributed by atoms with Crippen LogP contribution >= 0.6 is 15.9 Å². The molecule has 0 atom stereocenters. The predicted molar refractivity (Wildman–Crippen MR) is 64.9 cm³/mol. The lowest BCUT2D eigenvalue weighted by Gasteiger charge is -2.03. The molecule has 0 fully saturated rings. The summed E-state index contributed by atoms with van der Waals surface area (Å²) in [5.41, 5.74) is 0.792. The van der Waals surface area contributed by atoms with Crippen molar-refractivity contribution < 1.29 is 9.21 Å². The molecule has 0 bridgehead atoms. The van der Waals surface area contributed by atoms with Gasteiger partial charge in [-0.05, 0) is 24.3 Å². The Morgan fingerprint density at radius 3 is 2.88 bits per heavy atom. The minimum absolute atomic E-state index is 0.128. The van der Waals surface area contributed by atoms with Crippen molar-refractivity contribution in [3.8, 4) is 0 Å². The van der Waals surface area contributed by atoms with E-state index in [9.17, 15) is 9.59 Å². The molecule has 1 aromatic heterocycles. The summed E-state index contributed by atoms with van der Waals surface area (Å²) in [6.45, 7) is 0. The summed E-state index contributed by atoms with van der Waals surface area (Å²) < 4.78 is 4.97.